The maximum absolute atomic E-state index is 13.8. The van der Waals surface area contributed by atoms with Crippen molar-refractivity contribution < 1.29 is 8.78 Å². The molecule has 0 aromatic heterocycles. The molecule has 0 aliphatic heterocycles. The molecule has 0 heterocycles. The van der Waals surface area contributed by atoms with Crippen LogP contribution in [0.15, 0.2) is 18.2 Å². The predicted octanol–water partition coefficient (Wildman–Crippen LogP) is 4.17. The molecular formula is C17H25F2N. The van der Waals surface area contributed by atoms with E-state index in [-0.39, 0.29) is 0 Å². The van der Waals surface area contributed by atoms with Gasteiger partial charge in [-0.3, -0.25) is 0 Å². The van der Waals surface area contributed by atoms with Crippen molar-refractivity contribution in [2.24, 2.45) is 17.8 Å². The van der Waals surface area contributed by atoms with Crippen LogP contribution < -0.4 is 5.32 Å². The molecule has 0 amide bonds. The van der Waals surface area contributed by atoms with Crippen LogP contribution in [0.1, 0.15) is 38.7 Å². The van der Waals surface area contributed by atoms with Crippen molar-refractivity contribution in [3.05, 3.63) is 35.4 Å². The molecule has 3 atom stereocenters. The Bertz CT molecular complexity index is 431. The Morgan fingerprint density at radius 3 is 2.75 bits per heavy atom. The zero-order valence-electron chi connectivity index (χ0n) is 12.5. The second-order valence-electron chi connectivity index (χ2n) is 6.16. The molecule has 0 bridgehead atoms. The summed E-state index contributed by atoms with van der Waals surface area (Å²) in [5, 5.41) is 3.41. The van der Waals surface area contributed by atoms with E-state index in [4.69, 9.17) is 0 Å². The Balaban J connectivity index is 2.08. The van der Waals surface area contributed by atoms with E-state index in [2.05, 4.69) is 19.2 Å². The zero-order valence-corrected chi connectivity index (χ0v) is 12.5. The van der Waals surface area contributed by atoms with E-state index in [0.717, 1.165) is 19.5 Å². The molecular weight excluding hydrogens is 256 g/mol. The van der Waals surface area contributed by atoms with Gasteiger partial charge in [0.1, 0.15) is 0 Å². The zero-order chi connectivity index (χ0) is 14.5. The molecule has 2 rings (SSSR count). The normalized spacial score (nSPS) is 26.7. The van der Waals surface area contributed by atoms with E-state index in [9.17, 15) is 8.78 Å². The van der Waals surface area contributed by atoms with E-state index >= 15 is 0 Å². The topological polar surface area (TPSA) is 12.0 Å². The molecule has 3 heteroatoms. The Morgan fingerprint density at radius 2 is 2.00 bits per heavy atom. The largest absolute Gasteiger partial charge is 0.317 e. The Kier molecular flexibility index (Phi) is 5.53. The number of hydrogen-bond acceptors (Lipinski definition) is 1. The molecule has 0 saturated heterocycles. The molecule has 1 fully saturated rings. The van der Waals surface area contributed by atoms with Crippen LogP contribution in [0.5, 0.6) is 0 Å². The molecule has 1 nitrogen and oxygen atoms in total. The molecule has 0 radical (unpaired) electrons. The average Bonchev–Trinajstić information content (AvgIpc) is 2.43. The Hall–Kier alpha value is -0.960. The van der Waals surface area contributed by atoms with Gasteiger partial charge < -0.3 is 5.32 Å². The highest BCUT2D eigenvalue weighted by molar-refractivity contribution is 5.19. The lowest BCUT2D eigenvalue weighted by Gasteiger charge is -2.35. The van der Waals surface area contributed by atoms with Gasteiger partial charge in [-0.25, -0.2) is 8.78 Å². The quantitative estimate of drug-likeness (QED) is 0.854. The van der Waals surface area contributed by atoms with Crippen molar-refractivity contribution in [1.82, 2.24) is 5.32 Å². The van der Waals surface area contributed by atoms with Gasteiger partial charge in [0.25, 0.3) is 0 Å². The van der Waals surface area contributed by atoms with Crippen molar-refractivity contribution >= 4 is 0 Å². The fourth-order valence-electron chi connectivity index (χ4n) is 3.40. The lowest BCUT2D eigenvalue weighted by Crippen LogP contribution is -2.33. The highest BCUT2D eigenvalue weighted by atomic mass is 19.2. The van der Waals surface area contributed by atoms with Gasteiger partial charge in [-0.05, 0) is 61.7 Å². The van der Waals surface area contributed by atoms with Crippen molar-refractivity contribution in [1.29, 1.82) is 0 Å². The fourth-order valence-corrected chi connectivity index (χ4v) is 3.40. The monoisotopic (exact) mass is 281 g/mol. The minimum Gasteiger partial charge on any atom is -0.317 e. The third kappa shape index (κ3) is 3.78. The molecule has 1 N–H and O–H groups in total. The lowest BCUT2D eigenvalue weighted by molar-refractivity contribution is 0.183. The van der Waals surface area contributed by atoms with E-state index in [1.54, 1.807) is 12.1 Å². The van der Waals surface area contributed by atoms with Gasteiger partial charge in [0.15, 0.2) is 11.6 Å². The SMILES string of the molecule is CCNCC1CCC(C)CC1Cc1cccc(F)c1F. The van der Waals surface area contributed by atoms with Gasteiger partial charge >= 0.3 is 0 Å². The maximum atomic E-state index is 13.8. The van der Waals surface area contributed by atoms with Crippen LogP contribution in [0, 0.1) is 29.4 Å². The maximum Gasteiger partial charge on any atom is 0.162 e. The Labute approximate surface area is 120 Å². The summed E-state index contributed by atoms with van der Waals surface area (Å²) in [6.07, 6.45) is 4.21. The number of halogens is 2. The van der Waals surface area contributed by atoms with Crippen LogP contribution in [-0.2, 0) is 6.42 Å². The molecule has 1 aliphatic rings. The lowest BCUT2D eigenvalue weighted by atomic mass is 9.72. The number of benzene rings is 1. The summed E-state index contributed by atoms with van der Waals surface area (Å²) >= 11 is 0. The molecule has 1 aromatic rings. The first-order chi connectivity index (χ1) is 9.61. The fraction of sp³-hybridized carbons (Fsp3) is 0.647. The average molecular weight is 281 g/mol. The van der Waals surface area contributed by atoms with Crippen LogP contribution >= 0.6 is 0 Å². The molecule has 1 saturated carbocycles. The highest BCUT2D eigenvalue weighted by Crippen LogP contribution is 2.36. The predicted molar refractivity (Wildman–Crippen MR) is 78.6 cm³/mol. The summed E-state index contributed by atoms with van der Waals surface area (Å²) in [6, 6.07) is 4.53. The van der Waals surface area contributed by atoms with Crippen LogP contribution in [0.4, 0.5) is 8.78 Å². The van der Waals surface area contributed by atoms with Crippen LogP contribution in [0.3, 0.4) is 0 Å². The first-order valence-electron chi connectivity index (χ1n) is 7.75. The molecule has 1 aromatic carbocycles. The van der Waals surface area contributed by atoms with Gasteiger partial charge in [-0.15, -0.1) is 0 Å². The summed E-state index contributed by atoms with van der Waals surface area (Å²) in [6.45, 7) is 6.32. The second kappa shape index (κ2) is 7.16. The van der Waals surface area contributed by atoms with Crippen LogP contribution in [0.25, 0.3) is 0 Å². The molecule has 20 heavy (non-hydrogen) atoms. The minimum atomic E-state index is -0.727. The Morgan fingerprint density at radius 1 is 1.20 bits per heavy atom. The van der Waals surface area contributed by atoms with E-state index in [1.807, 2.05) is 0 Å². The third-order valence-corrected chi connectivity index (χ3v) is 4.57. The van der Waals surface area contributed by atoms with Gasteiger partial charge in [0, 0.05) is 0 Å². The summed E-state index contributed by atoms with van der Waals surface area (Å²) in [4.78, 5) is 0. The first-order valence-corrected chi connectivity index (χ1v) is 7.75. The van der Waals surface area contributed by atoms with E-state index in [0.29, 0.717) is 29.7 Å². The summed E-state index contributed by atoms with van der Waals surface area (Å²) < 4.78 is 27.2. The smallest absolute Gasteiger partial charge is 0.162 e. The van der Waals surface area contributed by atoms with Crippen molar-refractivity contribution in [3.63, 3.8) is 0 Å². The highest BCUT2D eigenvalue weighted by Gasteiger charge is 2.29. The van der Waals surface area contributed by atoms with Gasteiger partial charge in [-0.2, -0.15) is 0 Å². The molecule has 3 unspecified atom stereocenters. The van der Waals surface area contributed by atoms with Crippen molar-refractivity contribution in [3.8, 4) is 0 Å². The summed E-state index contributed by atoms with van der Waals surface area (Å²) in [5.41, 5.74) is 0.533. The summed E-state index contributed by atoms with van der Waals surface area (Å²) in [7, 11) is 0. The standard InChI is InChI=1S/C17H25F2N/c1-3-20-11-14-8-7-12(2)9-15(14)10-13-5-4-6-16(18)17(13)19/h4-6,12,14-15,20H,3,7-11H2,1-2H3. The number of nitrogens with one attached hydrogen (secondary N) is 1. The van der Waals surface area contributed by atoms with Gasteiger partial charge in [0.2, 0.25) is 0 Å². The van der Waals surface area contributed by atoms with Gasteiger partial charge in [-0.1, -0.05) is 32.4 Å². The summed E-state index contributed by atoms with van der Waals surface area (Å²) in [5.74, 6) is 0.333. The van der Waals surface area contributed by atoms with Crippen molar-refractivity contribution in [2.75, 3.05) is 13.1 Å². The minimum absolute atomic E-state index is 0.453. The van der Waals surface area contributed by atoms with Crippen LogP contribution in [0.2, 0.25) is 0 Å². The third-order valence-electron chi connectivity index (χ3n) is 4.57. The number of rotatable bonds is 5. The second-order valence-corrected chi connectivity index (χ2v) is 6.16. The van der Waals surface area contributed by atoms with Crippen LogP contribution in [-0.4, -0.2) is 13.1 Å². The molecule has 0 spiro atoms. The first kappa shape index (κ1) is 15.4. The van der Waals surface area contributed by atoms with Crippen molar-refractivity contribution in [2.45, 2.75) is 39.5 Å². The van der Waals surface area contributed by atoms with Gasteiger partial charge in [0.05, 0.1) is 0 Å². The van der Waals surface area contributed by atoms with E-state index < -0.39 is 11.6 Å². The molecule has 112 valence electrons. The number of hydrogen-bond donors (Lipinski definition) is 1. The molecule has 1 aliphatic carbocycles. The van der Waals surface area contributed by atoms with E-state index in [1.165, 1.54) is 18.9 Å².